The van der Waals surface area contributed by atoms with Crippen LogP contribution in [0.25, 0.3) is 5.69 Å². The molecule has 26 heavy (non-hydrogen) atoms. The lowest BCUT2D eigenvalue weighted by atomic mass is 10.2. The first-order valence-electron chi connectivity index (χ1n) is 8.20. The SMILES string of the molecule is O=[N+]([O-])c1cccc(F)c1CSc1nnc(C2CC2)n1-c1ccccc1. The van der Waals surface area contributed by atoms with E-state index < -0.39 is 10.7 Å². The largest absolute Gasteiger partial charge is 0.276 e. The minimum atomic E-state index is -0.583. The summed E-state index contributed by atoms with van der Waals surface area (Å²) in [4.78, 5) is 10.6. The Kier molecular flexibility index (Phi) is 4.42. The Balaban J connectivity index is 1.67. The molecule has 2 aromatic carbocycles. The second kappa shape index (κ2) is 6.87. The first kappa shape index (κ1) is 16.7. The third kappa shape index (κ3) is 3.20. The van der Waals surface area contributed by atoms with Crippen LogP contribution >= 0.6 is 11.8 Å². The lowest BCUT2D eigenvalue weighted by Crippen LogP contribution is -2.02. The van der Waals surface area contributed by atoms with E-state index in [1.807, 2.05) is 34.9 Å². The van der Waals surface area contributed by atoms with Gasteiger partial charge in [-0.1, -0.05) is 36.0 Å². The van der Waals surface area contributed by atoms with Gasteiger partial charge >= 0.3 is 0 Å². The van der Waals surface area contributed by atoms with E-state index in [4.69, 9.17) is 0 Å². The highest BCUT2D eigenvalue weighted by molar-refractivity contribution is 7.98. The van der Waals surface area contributed by atoms with Crippen LogP contribution in [0.1, 0.15) is 30.1 Å². The van der Waals surface area contributed by atoms with Gasteiger partial charge in [0.05, 0.1) is 10.5 Å². The summed E-state index contributed by atoms with van der Waals surface area (Å²) in [5, 5.41) is 20.3. The number of benzene rings is 2. The van der Waals surface area contributed by atoms with E-state index in [1.165, 1.54) is 30.0 Å². The molecule has 1 aliphatic carbocycles. The Morgan fingerprint density at radius 3 is 2.62 bits per heavy atom. The number of para-hydroxylation sites is 1. The van der Waals surface area contributed by atoms with Gasteiger partial charge in [0.2, 0.25) is 0 Å². The summed E-state index contributed by atoms with van der Waals surface area (Å²) in [6, 6.07) is 13.6. The molecule has 3 aromatic rings. The summed E-state index contributed by atoms with van der Waals surface area (Å²) in [5.41, 5.74) is 0.786. The molecule has 0 bridgehead atoms. The van der Waals surface area contributed by atoms with Gasteiger partial charge in [0.15, 0.2) is 5.16 Å². The van der Waals surface area contributed by atoms with Crippen molar-refractivity contribution in [2.24, 2.45) is 0 Å². The summed E-state index contributed by atoms with van der Waals surface area (Å²) < 4.78 is 16.1. The zero-order chi connectivity index (χ0) is 18.1. The average molecular weight is 370 g/mol. The van der Waals surface area contributed by atoms with Crippen LogP contribution in [0.5, 0.6) is 0 Å². The Labute approximate surface area is 153 Å². The molecular weight excluding hydrogens is 355 g/mol. The molecule has 132 valence electrons. The second-order valence-corrected chi connectivity index (χ2v) is 7.01. The number of nitro groups is 1. The van der Waals surface area contributed by atoms with E-state index in [2.05, 4.69) is 10.2 Å². The van der Waals surface area contributed by atoms with Gasteiger partial charge in [-0.05, 0) is 31.0 Å². The van der Waals surface area contributed by atoms with Crippen LogP contribution in [-0.2, 0) is 5.75 Å². The number of hydrogen-bond acceptors (Lipinski definition) is 5. The molecule has 8 heteroatoms. The molecule has 1 aromatic heterocycles. The van der Waals surface area contributed by atoms with Crippen molar-refractivity contribution in [3.63, 3.8) is 0 Å². The number of thioether (sulfide) groups is 1. The summed E-state index contributed by atoms with van der Waals surface area (Å²) >= 11 is 1.25. The number of rotatable bonds is 6. The number of nitrogens with zero attached hydrogens (tertiary/aromatic N) is 4. The molecule has 0 unspecified atom stereocenters. The summed E-state index contributed by atoms with van der Waals surface area (Å²) in [6.07, 6.45) is 2.16. The van der Waals surface area contributed by atoms with Crippen LogP contribution < -0.4 is 0 Å². The van der Waals surface area contributed by atoms with Gasteiger partial charge < -0.3 is 0 Å². The van der Waals surface area contributed by atoms with Crippen molar-refractivity contribution in [1.29, 1.82) is 0 Å². The predicted octanol–water partition coefficient (Wildman–Crippen LogP) is 4.48. The van der Waals surface area contributed by atoms with E-state index in [-0.39, 0.29) is 17.0 Å². The highest BCUT2D eigenvalue weighted by Gasteiger charge is 2.31. The molecule has 0 amide bonds. The summed E-state index contributed by atoms with van der Waals surface area (Å²) in [6.45, 7) is 0. The van der Waals surface area contributed by atoms with Gasteiger partial charge in [-0.25, -0.2) is 4.39 Å². The van der Waals surface area contributed by atoms with Crippen LogP contribution in [0.4, 0.5) is 10.1 Å². The molecule has 1 fully saturated rings. The highest BCUT2D eigenvalue weighted by Crippen LogP contribution is 2.41. The Morgan fingerprint density at radius 1 is 1.15 bits per heavy atom. The van der Waals surface area contributed by atoms with Crippen molar-refractivity contribution in [2.45, 2.75) is 29.7 Å². The van der Waals surface area contributed by atoms with E-state index >= 15 is 0 Å². The molecule has 0 N–H and O–H groups in total. The Morgan fingerprint density at radius 2 is 1.92 bits per heavy atom. The molecular formula is C18H15FN4O2S. The van der Waals surface area contributed by atoms with Crippen molar-refractivity contribution in [3.8, 4) is 5.69 Å². The molecule has 4 rings (SSSR count). The standard InChI is InChI=1S/C18H15FN4O2S/c19-15-7-4-8-16(23(24)25)14(15)11-26-18-21-20-17(12-9-10-12)22(18)13-5-2-1-3-6-13/h1-8,12H,9-11H2. The lowest BCUT2D eigenvalue weighted by Gasteiger charge is -2.10. The number of aromatic nitrogens is 3. The molecule has 0 radical (unpaired) electrons. The predicted molar refractivity (Wildman–Crippen MR) is 95.9 cm³/mol. The Bertz CT molecular complexity index is 957. The maximum absolute atomic E-state index is 14.1. The third-order valence-electron chi connectivity index (χ3n) is 4.25. The van der Waals surface area contributed by atoms with Crippen molar-refractivity contribution < 1.29 is 9.31 Å². The van der Waals surface area contributed by atoms with Gasteiger partial charge in [-0.3, -0.25) is 14.7 Å². The van der Waals surface area contributed by atoms with Crippen LogP contribution in [0.2, 0.25) is 0 Å². The first-order chi connectivity index (χ1) is 12.6. The average Bonchev–Trinajstić information content (AvgIpc) is 3.41. The van der Waals surface area contributed by atoms with Crippen LogP contribution in [0.3, 0.4) is 0 Å². The molecule has 1 heterocycles. The van der Waals surface area contributed by atoms with Gasteiger partial charge in [0.1, 0.15) is 11.6 Å². The molecule has 0 saturated heterocycles. The minimum absolute atomic E-state index is 0.0677. The lowest BCUT2D eigenvalue weighted by molar-refractivity contribution is -0.385. The molecule has 6 nitrogen and oxygen atoms in total. The molecule has 0 spiro atoms. The molecule has 1 aliphatic rings. The van der Waals surface area contributed by atoms with Crippen molar-refractivity contribution in [1.82, 2.24) is 14.8 Å². The summed E-state index contributed by atoms with van der Waals surface area (Å²) in [7, 11) is 0. The fourth-order valence-corrected chi connectivity index (χ4v) is 3.78. The van der Waals surface area contributed by atoms with Crippen molar-refractivity contribution in [2.75, 3.05) is 0 Å². The van der Waals surface area contributed by atoms with Gasteiger partial charge in [-0.15, -0.1) is 10.2 Å². The second-order valence-electron chi connectivity index (χ2n) is 6.07. The van der Waals surface area contributed by atoms with E-state index in [0.717, 1.165) is 24.4 Å². The van der Waals surface area contributed by atoms with Crippen LogP contribution in [0, 0.1) is 15.9 Å². The fourth-order valence-electron chi connectivity index (χ4n) is 2.80. The van der Waals surface area contributed by atoms with Crippen LogP contribution in [-0.4, -0.2) is 19.7 Å². The smallest absolute Gasteiger partial charge is 0.274 e. The zero-order valence-electron chi connectivity index (χ0n) is 13.7. The van der Waals surface area contributed by atoms with Crippen LogP contribution in [0.15, 0.2) is 53.7 Å². The van der Waals surface area contributed by atoms with E-state index in [9.17, 15) is 14.5 Å². The third-order valence-corrected chi connectivity index (χ3v) is 5.21. The monoisotopic (exact) mass is 370 g/mol. The maximum atomic E-state index is 14.1. The van der Waals surface area contributed by atoms with Crippen molar-refractivity contribution in [3.05, 3.63) is 75.9 Å². The fraction of sp³-hybridized carbons (Fsp3) is 0.222. The van der Waals surface area contributed by atoms with E-state index in [1.54, 1.807) is 0 Å². The topological polar surface area (TPSA) is 73.8 Å². The number of hydrogen-bond donors (Lipinski definition) is 0. The van der Waals surface area contributed by atoms with Gasteiger partial charge in [-0.2, -0.15) is 0 Å². The molecule has 0 aliphatic heterocycles. The summed E-state index contributed by atoms with van der Waals surface area (Å²) in [5.74, 6) is 0.806. The van der Waals surface area contributed by atoms with Gasteiger partial charge in [0.25, 0.3) is 5.69 Å². The molecule has 1 saturated carbocycles. The minimum Gasteiger partial charge on any atom is -0.274 e. The highest BCUT2D eigenvalue weighted by atomic mass is 32.2. The Hall–Kier alpha value is -2.74. The number of halogens is 1. The van der Waals surface area contributed by atoms with Crippen molar-refractivity contribution >= 4 is 17.4 Å². The maximum Gasteiger partial charge on any atom is 0.276 e. The van der Waals surface area contributed by atoms with E-state index in [0.29, 0.717) is 11.1 Å². The van der Waals surface area contributed by atoms with Gasteiger partial charge in [0, 0.05) is 23.4 Å². The molecule has 0 atom stereocenters. The zero-order valence-corrected chi connectivity index (χ0v) is 14.5. The number of nitro benzene ring substituents is 1. The normalized spacial score (nSPS) is 13.7. The quantitative estimate of drug-likeness (QED) is 0.363. The first-order valence-corrected chi connectivity index (χ1v) is 9.19.